The molecule has 3 aromatic carbocycles. The zero-order valence-corrected chi connectivity index (χ0v) is 12.1. The summed E-state index contributed by atoms with van der Waals surface area (Å²) in [4.78, 5) is 0. The van der Waals surface area contributed by atoms with Gasteiger partial charge in [0.05, 0.1) is 0 Å². The largest absolute Gasteiger partial charge is 0.469 e. The molecule has 2 heteroatoms. The van der Waals surface area contributed by atoms with E-state index < -0.39 is 5.72 Å². The molecule has 3 rings (SSSR count). The van der Waals surface area contributed by atoms with Crippen molar-refractivity contribution >= 4 is 10.8 Å². The molecule has 106 valence electrons. The van der Waals surface area contributed by atoms with Crippen LogP contribution in [0.15, 0.2) is 72.8 Å². The van der Waals surface area contributed by atoms with Gasteiger partial charge < -0.3 is 4.74 Å². The minimum absolute atomic E-state index is 0.698. The summed E-state index contributed by atoms with van der Waals surface area (Å²) in [5.74, 6) is 0.793. The molecule has 0 aliphatic heterocycles. The molecule has 0 heterocycles. The Bertz CT molecular complexity index is 739. The third-order valence-electron chi connectivity index (χ3n) is 3.81. The van der Waals surface area contributed by atoms with Crippen molar-refractivity contribution < 1.29 is 4.74 Å². The molecule has 2 N–H and O–H groups in total. The summed E-state index contributed by atoms with van der Waals surface area (Å²) in [6, 6.07) is 24.3. The fraction of sp³-hybridized carbons (Fsp3) is 0.158. The first-order valence-electron chi connectivity index (χ1n) is 7.23. The third-order valence-corrected chi connectivity index (χ3v) is 3.81. The molecule has 1 unspecified atom stereocenters. The Labute approximate surface area is 125 Å². The number of hydrogen-bond acceptors (Lipinski definition) is 2. The van der Waals surface area contributed by atoms with E-state index in [4.69, 9.17) is 10.5 Å². The predicted octanol–water partition coefficient (Wildman–Crippen LogP) is 4.44. The van der Waals surface area contributed by atoms with Gasteiger partial charge in [-0.15, -0.1) is 0 Å². The molecule has 0 radical (unpaired) electrons. The third kappa shape index (κ3) is 2.76. The number of hydrogen-bond donors (Lipinski definition) is 1. The molecule has 21 heavy (non-hydrogen) atoms. The molecule has 0 saturated carbocycles. The van der Waals surface area contributed by atoms with Crippen LogP contribution in [0.3, 0.4) is 0 Å². The van der Waals surface area contributed by atoms with Crippen LogP contribution in [0, 0.1) is 0 Å². The lowest BCUT2D eigenvalue weighted by Gasteiger charge is -2.30. The van der Waals surface area contributed by atoms with Gasteiger partial charge in [-0.25, -0.2) is 0 Å². The predicted molar refractivity (Wildman–Crippen MR) is 87.2 cm³/mol. The highest BCUT2D eigenvalue weighted by atomic mass is 16.5. The molecule has 0 aromatic heterocycles. The van der Waals surface area contributed by atoms with Crippen molar-refractivity contribution in [2.75, 3.05) is 0 Å². The molecule has 2 nitrogen and oxygen atoms in total. The van der Waals surface area contributed by atoms with Crippen molar-refractivity contribution in [3.63, 3.8) is 0 Å². The van der Waals surface area contributed by atoms with Crippen LogP contribution >= 0.6 is 0 Å². The van der Waals surface area contributed by atoms with E-state index in [9.17, 15) is 0 Å². The van der Waals surface area contributed by atoms with E-state index in [2.05, 4.69) is 18.2 Å². The van der Waals surface area contributed by atoms with Gasteiger partial charge in [-0.1, -0.05) is 67.6 Å². The summed E-state index contributed by atoms with van der Waals surface area (Å²) in [5.41, 5.74) is 6.66. The van der Waals surface area contributed by atoms with Crippen molar-refractivity contribution in [1.29, 1.82) is 0 Å². The summed E-state index contributed by atoms with van der Waals surface area (Å²) in [5, 5.41) is 2.35. The van der Waals surface area contributed by atoms with E-state index in [1.54, 1.807) is 0 Å². The van der Waals surface area contributed by atoms with E-state index in [-0.39, 0.29) is 0 Å². The Morgan fingerprint density at radius 2 is 1.52 bits per heavy atom. The van der Waals surface area contributed by atoms with Crippen LogP contribution in [0.4, 0.5) is 0 Å². The summed E-state index contributed by atoms with van der Waals surface area (Å²) in [6.07, 6.45) is 0.698. The van der Waals surface area contributed by atoms with Gasteiger partial charge in [-0.05, 0) is 22.9 Å². The Balaban J connectivity index is 1.95. The van der Waals surface area contributed by atoms with E-state index in [1.165, 1.54) is 5.39 Å². The van der Waals surface area contributed by atoms with Gasteiger partial charge in [0.15, 0.2) is 5.72 Å². The topological polar surface area (TPSA) is 35.2 Å². The number of ether oxygens (including phenoxy) is 1. The highest BCUT2D eigenvalue weighted by Crippen LogP contribution is 2.29. The molecule has 0 saturated heterocycles. The first-order valence-corrected chi connectivity index (χ1v) is 7.23. The number of rotatable bonds is 4. The Hall–Kier alpha value is -2.32. The molecule has 3 aromatic rings. The second-order valence-electron chi connectivity index (χ2n) is 5.22. The first-order chi connectivity index (χ1) is 10.2. The maximum Gasteiger partial charge on any atom is 0.184 e. The molecular weight excluding hydrogens is 258 g/mol. The van der Waals surface area contributed by atoms with E-state index >= 15 is 0 Å². The quantitative estimate of drug-likeness (QED) is 0.715. The van der Waals surface area contributed by atoms with Crippen molar-refractivity contribution in [2.45, 2.75) is 19.1 Å². The second kappa shape index (κ2) is 5.58. The van der Waals surface area contributed by atoms with E-state index in [0.717, 1.165) is 16.7 Å². The van der Waals surface area contributed by atoms with Gasteiger partial charge in [0, 0.05) is 12.0 Å². The minimum Gasteiger partial charge on any atom is -0.469 e. The van der Waals surface area contributed by atoms with Crippen LogP contribution in [0.1, 0.15) is 18.9 Å². The molecule has 0 fully saturated rings. The highest BCUT2D eigenvalue weighted by Gasteiger charge is 2.27. The number of fused-ring (bicyclic) bond motifs is 1. The minimum atomic E-state index is -0.802. The zero-order valence-electron chi connectivity index (χ0n) is 12.1. The summed E-state index contributed by atoms with van der Waals surface area (Å²) in [6.45, 7) is 2.04. The lowest BCUT2D eigenvalue weighted by atomic mass is 10.0. The summed E-state index contributed by atoms with van der Waals surface area (Å²) >= 11 is 0. The van der Waals surface area contributed by atoms with Crippen molar-refractivity contribution in [1.82, 2.24) is 0 Å². The fourth-order valence-electron chi connectivity index (χ4n) is 2.50. The lowest BCUT2D eigenvalue weighted by Crippen LogP contribution is -2.42. The average Bonchev–Trinajstić information content (AvgIpc) is 2.55. The van der Waals surface area contributed by atoms with Gasteiger partial charge in [0.25, 0.3) is 0 Å². The second-order valence-corrected chi connectivity index (χ2v) is 5.22. The van der Waals surface area contributed by atoms with Crippen molar-refractivity contribution in [3.05, 3.63) is 78.4 Å². The highest BCUT2D eigenvalue weighted by molar-refractivity contribution is 5.83. The van der Waals surface area contributed by atoms with Gasteiger partial charge >= 0.3 is 0 Å². The zero-order chi connectivity index (χ0) is 14.7. The van der Waals surface area contributed by atoms with Crippen LogP contribution in [0.5, 0.6) is 5.75 Å². The Kier molecular flexibility index (Phi) is 3.63. The normalized spacial score (nSPS) is 13.8. The van der Waals surface area contributed by atoms with Gasteiger partial charge in [-0.3, -0.25) is 5.73 Å². The van der Waals surface area contributed by atoms with Gasteiger partial charge in [0.2, 0.25) is 0 Å². The Morgan fingerprint density at radius 3 is 2.24 bits per heavy atom. The standard InChI is InChI=1S/C19H19NO/c1-2-19(20,17-10-4-3-5-11-17)21-18-13-12-15-8-6-7-9-16(15)14-18/h3-14H,2,20H2,1H3. The van der Waals surface area contributed by atoms with Crippen molar-refractivity contribution in [3.8, 4) is 5.75 Å². The van der Waals surface area contributed by atoms with E-state index in [1.807, 2.05) is 61.5 Å². The van der Waals surface area contributed by atoms with Crippen LogP contribution in [0.2, 0.25) is 0 Å². The molecule has 1 atom stereocenters. The first kappa shape index (κ1) is 13.7. The van der Waals surface area contributed by atoms with Gasteiger partial charge in [0.1, 0.15) is 5.75 Å². The monoisotopic (exact) mass is 277 g/mol. The summed E-state index contributed by atoms with van der Waals surface area (Å²) in [7, 11) is 0. The van der Waals surface area contributed by atoms with Crippen LogP contribution in [-0.2, 0) is 5.72 Å². The molecular formula is C19H19NO. The molecule has 0 bridgehead atoms. The van der Waals surface area contributed by atoms with Crippen molar-refractivity contribution in [2.24, 2.45) is 5.73 Å². The Morgan fingerprint density at radius 1 is 0.857 bits per heavy atom. The smallest absolute Gasteiger partial charge is 0.184 e. The SMILES string of the molecule is CCC(N)(Oc1ccc2ccccc2c1)c1ccccc1. The van der Waals surface area contributed by atoms with Crippen LogP contribution in [-0.4, -0.2) is 0 Å². The molecule has 0 spiro atoms. The van der Waals surface area contributed by atoms with E-state index in [0.29, 0.717) is 6.42 Å². The number of nitrogens with two attached hydrogens (primary N) is 1. The average molecular weight is 277 g/mol. The van der Waals surface area contributed by atoms with Crippen LogP contribution < -0.4 is 10.5 Å². The molecule has 0 amide bonds. The fourth-order valence-corrected chi connectivity index (χ4v) is 2.50. The summed E-state index contributed by atoms with van der Waals surface area (Å²) < 4.78 is 6.12. The van der Waals surface area contributed by atoms with Gasteiger partial charge in [-0.2, -0.15) is 0 Å². The number of benzene rings is 3. The maximum absolute atomic E-state index is 6.47. The molecule has 0 aliphatic rings. The van der Waals surface area contributed by atoms with Crippen LogP contribution in [0.25, 0.3) is 10.8 Å². The lowest BCUT2D eigenvalue weighted by molar-refractivity contribution is 0.0690. The maximum atomic E-state index is 6.47. The molecule has 0 aliphatic carbocycles.